The minimum atomic E-state index is -4.54. The number of benzene rings is 1. The number of hydrogen-bond acceptors (Lipinski definition) is 4. The molecule has 1 aliphatic heterocycles. The van der Waals surface area contributed by atoms with Crippen molar-refractivity contribution in [3.8, 4) is 0 Å². The molecule has 0 saturated carbocycles. The minimum absolute atomic E-state index is 0.245. The Morgan fingerprint density at radius 1 is 1.19 bits per heavy atom. The van der Waals surface area contributed by atoms with Gasteiger partial charge >= 0.3 is 6.18 Å². The molecular weight excluding hydrogens is 449 g/mol. The maximum Gasteiger partial charge on any atom is 0.417 e. The van der Waals surface area contributed by atoms with Gasteiger partial charge in [0.2, 0.25) is 0 Å². The average molecular weight is 473 g/mol. The fraction of sp³-hybridized carbons (Fsp3) is 0.429. The zero-order chi connectivity index (χ0) is 22.3. The SMILES string of the molecule is FC(F)(F)c1cc(NC(=S)N(CCCN2CCOCC2)Cc2ccncc2)ccc1Cl. The van der Waals surface area contributed by atoms with Crippen molar-refractivity contribution in [2.45, 2.75) is 19.1 Å². The molecule has 5 nitrogen and oxygen atoms in total. The highest BCUT2D eigenvalue weighted by atomic mass is 35.5. The largest absolute Gasteiger partial charge is 0.417 e. The van der Waals surface area contributed by atoms with Crippen molar-refractivity contribution < 1.29 is 17.9 Å². The zero-order valence-corrected chi connectivity index (χ0v) is 18.4. The van der Waals surface area contributed by atoms with Gasteiger partial charge in [0, 0.05) is 50.8 Å². The monoisotopic (exact) mass is 472 g/mol. The van der Waals surface area contributed by atoms with Crippen molar-refractivity contribution in [1.82, 2.24) is 14.8 Å². The van der Waals surface area contributed by atoms with E-state index in [1.807, 2.05) is 17.0 Å². The van der Waals surface area contributed by atoms with Crippen molar-refractivity contribution in [2.24, 2.45) is 0 Å². The maximum absolute atomic E-state index is 13.2. The molecule has 1 aliphatic rings. The predicted octanol–water partition coefficient (Wildman–Crippen LogP) is 4.68. The molecule has 10 heteroatoms. The number of halogens is 4. The van der Waals surface area contributed by atoms with Crippen LogP contribution in [0.5, 0.6) is 0 Å². The molecule has 0 amide bonds. The normalized spacial score (nSPS) is 15.0. The number of nitrogens with zero attached hydrogens (tertiary/aromatic N) is 3. The van der Waals surface area contributed by atoms with Crippen LogP contribution >= 0.6 is 23.8 Å². The van der Waals surface area contributed by atoms with E-state index >= 15 is 0 Å². The number of ether oxygens (including phenoxy) is 1. The molecule has 0 aliphatic carbocycles. The number of nitrogens with one attached hydrogen (secondary N) is 1. The van der Waals surface area contributed by atoms with Crippen LogP contribution < -0.4 is 5.32 Å². The maximum atomic E-state index is 13.2. The Morgan fingerprint density at radius 2 is 1.90 bits per heavy atom. The Balaban J connectivity index is 1.67. The molecule has 0 atom stereocenters. The second-order valence-corrected chi connectivity index (χ2v) is 8.00. The van der Waals surface area contributed by atoms with Gasteiger partial charge in [-0.2, -0.15) is 13.2 Å². The van der Waals surface area contributed by atoms with Crippen molar-refractivity contribution in [3.05, 3.63) is 58.9 Å². The Bertz CT molecular complexity index is 863. The fourth-order valence-electron chi connectivity index (χ4n) is 3.29. The Morgan fingerprint density at radius 3 is 2.58 bits per heavy atom. The number of hydrogen-bond donors (Lipinski definition) is 1. The van der Waals surface area contributed by atoms with Crippen LogP contribution in [0.1, 0.15) is 17.5 Å². The second-order valence-electron chi connectivity index (χ2n) is 7.21. The number of pyridine rings is 1. The van der Waals surface area contributed by atoms with E-state index in [-0.39, 0.29) is 10.7 Å². The van der Waals surface area contributed by atoms with Crippen LogP contribution in [0.25, 0.3) is 0 Å². The first kappa shape index (κ1) is 23.7. The van der Waals surface area contributed by atoms with Gasteiger partial charge in [-0.05, 0) is 54.5 Å². The quantitative estimate of drug-likeness (QED) is 0.590. The summed E-state index contributed by atoms with van der Waals surface area (Å²) in [4.78, 5) is 8.31. The highest BCUT2D eigenvalue weighted by molar-refractivity contribution is 7.80. The number of anilines is 1. The number of rotatable bonds is 7. The van der Waals surface area contributed by atoms with E-state index in [1.165, 1.54) is 12.1 Å². The molecule has 2 heterocycles. The van der Waals surface area contributed by atoms with E-state index in [9.17, 15) is 13.2 Å². The molecule has 1 aromatic carbocycles. The molecule has 0 radical (unpaired) electrons. The molecule has 1 fully saturated rings. The molecule has 0 spiro atoms. The van der Waals surface area contributed by atoms with Gasteiger partial charge in [0.05, 0.1) is 23.8 Å². The van der Waals surface area contributed by atoms with E-state index in [1.54, 1.807) is 12.4 Å². The number of aromatic nitrogens is 1. The molecule has 168 valence electrons. The molecule has 1 aromatic heterocycles. The van der Waals surface area contributed by atoms with Gasteiger partial charge in [-0.15, -0.1) is 0 Å². The number of morpholine rings is 1. The van der Waals surface area contributed by atoms with Gasteiger partial charge in [-0.1, -0.05) is 11.6 Å². The molecule has 2 aromatic rings. The predicted molar refractivity (Wildman–Crippen MR) is 119 cm³/mol. The summed E-state index contributed by atoms with van der Waals surface area (Å²) in [5, 5.41) is 2.95. The van der Waals surface area contributed by atoms with Gasteiger partial charge in [0.1, 0.15) is 0 Å². The van der Waals surface area contributed by atoms with Crippen molar-refractivity contribution in [2.75, 3.05) is 44.7 Å². The minimum Gasteiger partial charge on any atom is -0.379 e. The lowest BCUT2D eigenvalue weighted by atomic mass is 10.2. The Kier molecular flexibility index (Phi) is 8.48. The lowest BCUT2D eigenvalue weighted by Gasteiger charge is -2.29. The summed E-state index contributed by atoms with van der Waals surface area (Å²) in [6, 6.07) is 7.47. The highest BCUT2D eigenvalue weighted by Crippen LogP contribution is 2.36. The zero-order valence-electron chi connectivity index (χ0n) is 16.9. The molecule has 1 saturated heterocycles. The molecular formula is C21H24ClF3N4OS. The van der Waals surface area contributed by atoms with E-state index in [0.29, 0.717) is 18.2 Å². The standard InChI is InChI=1S/C21H24ClF3N4OS/c22-19-3-2-17(14-18(19)21(23,24)25)27-20(31)29(15-16-4-6-26-7-5-16)9-1-8-28-10-12-30-13-11-28/h2-7,14H,1,8-13,15H2,(H,27,31). The molecule has 31 heavy (non-hydrogen) atoms. The summed E-state index contributed by atoms with van der Waals surface area (Å²) in [5.41, 5.74) is 0.363. The molecule has 1 N–H and O–H groups in total. The van der Waals surface area contributed by atoms with Crippen LogP contribution in [0.2, 0.25) is 5.02 Å². The summed E-state index contributed by atoms with van der Waals surface area (Å²) < 4.78 is 44.9. The van der Waals surface area contributed by atoms with E-state index in [0.717, 1.165) is 50.9 Å². The molecule has 0 bridgehead atoms. The number of thiocarbonyl (C=S) groups is 1. The van der Waals surface area contributed by atoms with Crippen molar-refractivity contribution in [1.29, 1.82) is 0 Å². The first-order valence-electron chi connectivity index (χ1n) is 9.94. The van der Waals surface area contributed by atoms with Crippen LogP contribution in [0.3, 0.4) is 0 Å². The van der Waals surface area contributed by atoms with Crippen LogP contribution in [0.15, 0.2) is 42.7 Å². The van der Waals surface area contributed by atoms with Gasteiger partial charge in [-0.3, -0.25) is 9.88 Å². The van der Waals surface area contributed by atoms with Gasteiger partial charge in [0.25, 0.3) is 0 Å². The van der Waals surface area contributed by atoms with Crippen LogP contribution in [0, 0.1) is 0 Å². The fourth-order valence-corrected chi connectivity index (χ4v) is 3.79. The van der Waals surface area contributed by atoms with E-state index in [4.69, 9.17) is 28.6 Å². The summed E-state index contributed by atoms with van der Waals surface area (Å²) in [5.74, 6) is 0. The third-order valence-corrected chi connectivity index (χ3v) is 5.63. The highest BCUT2D eigenvalue weighted by Gasteiger charge is 2.33. The first-order valence-corrected chi connectivity index (χ1v) is 10.7. The van der Waals surface area contributed by atoms with E-state index in [2.05, 4.69) is 15.2 Å². The summed E-state index contributed by atoms with van der Waals surface area (Å²) >= 11 is 11.3. The Labute approximate surface area is 190 Å². The lowest BCUT2D eigenvalue weighted by molar-refractivity contribution is -0.137. The molecule has 0 unspecified atom stereocenters. The second kappa shape index (κ2) is 11.1. The van der Waals surface area contributed by atoms with Gasteiger partial charge < -0.3 is 15.0 Å². The van der Waals surface area contributed by atoms with Gasteiger partial charge in [0.15, 0.2) is 5.11 Å². The van der Waals surface area contributed by atoms with Crippen molar-refractivity contribution >= 4 is 34.6 Å². The first-order chi connectivity index (χ1) is 14.8. The average Bonchev–Trinajstić information content (AvgIpc) is 2.75. The van der Waals surface area contributed by atoms with Crippen LogP contribution in [-0.2, 0) is 17.5 Å². The Hall–Kier alpha value is -1.94. The molecule has 3 rings (SSSR count). The van der Waals surface area contributed by atoms with E-state index < -0.39 is 11.7 Å². The summed E-state index contributed by atoms with van der Waals surface area (Å²) in [6.07, 6.45) is -0.272. The smallest absolute Gasteiger partial charge is 0.379 e. The van der Waals surface area contributed by atoms with Crippen LogP contribution in [-0.4, -0.2) is 59.3 Å². The summed E-state index contributed by atoms with van der Waals surface area (Å²) in [7, 11) is 0. The van der Waals surface area contributed by atoms with Crippen molar-refractivity contribution in [3.63, 3.8) is 0 Å². The lowest BCUT2D eigenvalue weighted by Crippen LogP contribution is -2.40. The third-order valence-electron chi connectivity index (χ3n) is 4.94. The third kappa shape index (κ3) is 7.31. The summed E-state index contributed by atoms with van der Waals surface area (Å²) in [6.45, 7) is 5.36. The topological polar surface area (TPSA) is 40.6 Å². The number of alkyl halides is 3. The van der Waals surface area contributed by atoms with Crippen LogP contribution in [0.4, 0.5) is 18.9 Å². The van der Waals surface area contributed by atoms with Gasteiger partial charge in [-0.25, -0.2) is 0 Å².